The Morgan fingerprint density at radius 2 is 1.37 bits per heavy atom. The second kappa shape index (κ2) is 6.31. The van der Waals surface area contributed by atoms with Crippen LogP contribution in [-0.4, -0.2) is 10.8 Å². The third-order valence-electron chi connectivity index (χ3n) is 5.71. The Morgan fingerprint density at radius 3 is 1.96 bits per heavy atom. The number of hydrogen-bond donors (Lipinski definition) is 1. The van der Waals surface area contributed by atoms with Crippen LogP contribution in [0.2, 0.25) is 0 Å². The third kappa shape index (κ3) is 2.71. The van der Waals surface area contributed by atoms with Crippen LogP contribution in [0.1, 0.15) is 68.7 Å². The monoisotopic (exact) mass is 357 g/mol. The van der Waals surface area contributed by atoms with Crippen LogP contribution in [0.25, 0.3) is 10.8 Å². The van der Waals surface area contributed by atoms with Crippen LogP contribution in [0.4, 0.5) is 5.69 Å². The summed E-state index contributed by atoms with van der Waals surface area (Å²) in [6.45, 7) is 10.7. The first-order chi connectivity index (χ1) is 12.8. The Bertz CT molecular complexity index is 1030. The van der Waals surface area contributed by atoms with Crippen LogP contribution in [0.5, 0.6) is 0 Å². The van der Waals surface area contributed by atoms with Crippen molar-refractivity contribution in [3.05, 3.63) is 76.9 Å². The zero-order chi connectivity index (χ0) is 19.3. The van der Waals surface area contributed by atoms with Crippen molar-refractivity contribution in [2.24, 2.45) is 4.99 Å². The predicted octanol–water partition coefficient (Wildman–Crippen LogP) is 6.43. The van der Waals surface area contributed by atoms with E-state index in [1.54, 1.807) is 0 Å². The van der Waals surface area contributed by atoms with Crippen LogP contribution in [0, 0.1) is 0 Å². The molecule has 4 rings (SSSR count). The lowest BCUT2D eigenvalue weighted by molar-refractivity contribution is 0.138. The van der Waals surface area contributed by atoms with Crippen molar-refractivity contribution in [1.29, 1.82) is 0 Å². The van der Waals surface area contributed by atoms with Gasteiger partial charge in [0, 0.05) is 5.56 Å². The van der Waals surface area contributed by atoms with Crippen LogP contribution in [-0.2, 0) is 5.60 Å². The van der Waals surface area contributed by atoms with E-state index in [0.29, 0.717) is 11.8 Å². The number of nitrogens with zero attached hydrogens (tertiary/aromatic N) is 1. The maximum absolute atomic E-state index is 11.5. The van der Waals surface area contributed by atoms with Crippen molar-refractivity contribution >= 4 is 22.2 Å². The summed E-state index contributed by atoms with van der Waals surface area (Å²) < 4.78 is 0. The summed E-state index contributed by atoms with van der Waals surface area (Å²) in [5, 5.41) is 13.8. The number of rotatable bonds is 3. The van der Waals surface area contributed by atoms with E-state index in [9.17, 15) is 5.11 Å². The zero-order valence-corrected chi connectivity index (χ0v) is 16.7. The Morgan fingerprint density at radius 1 is 0.815 bits per heavy atom. The van der Waals surface area contributed by atoms with Crippen LogP contribution in [0.15, 0.2) is 59.6 Å². The molecule has 0 saturated heterocycles. The fourth-order valence-electron chi connectivity index (χ4n) is 4.26. The highest BCUT2D eigenvalue weighted by molar-refractivity contribution is 6.22. The molecule has 0 fully saturated rings. The summed E-state index contributed by atoms with van der Waals surface area (Å²) in [4.78, 5) is 5.16. The molecule has 0 unspecified atom stereocenters. The molecule has 0 spiro atoms. The highest BCUT2D eigenvalue weighted by Gasteiger charge is 2.40. The third-order valence-corrected chi connectivity index (χ3v) is 5.71. The maximum atomic E-state index is 11.5. The number of benzene rings is 3. The smallest absolute Gasteiger partial charge is 0.130 e. The minimum atomic E-state index is -1.10. The molecule has 0 aliphatic heterocycles. The highest BCUT2D eigenvalue weighted by atomic mass is 16.3. The van der Waals surface area contributed by atoms with Crippen molar-refractivity contribution in [3.8, 4) is 0 Å². The van der Waals surface area contributed by atoms with E-state index < -0.39 is 5.60 Å². The molecule has 2 heteroatoms. The number of para-hydroxylation sites is 1. The molecule has 0 saturated carbocycles. The first kappa shape index (κ1) is 17.9. The van der Waals surface area contributed by atoms with Gasteiger partial charge in [-0.3, -0.25) is 0 Å². The van der Waals surface area contributed by atoms with E-state index in [4.69, 9.17) is 4.99 Å². The molecule has 0 heterocycles. The van der Waals surface area contributed by atoms with Crippen LogP contribution < -0.4 is 0 Å². The molecule has 138 valence electrons. The molecule has 1 atom stereocenters. The maximum Gasteiger partial charge on any atom is 0.130 e. The van der Waals surface area contributed by atoms with E-state index in [1.807, 2.05) is 19.1 Å². The van der Waals surface area contributed by atoms with Crippen LogP contribution in [0.3, 0.4) is 0 Å². The standard InChI is InChI=1S/C25H27NO/c1-15(2)18-11-8-12-19(16(3)4)23(18)26-24-20-13-6-9-17-10-7-14-21(22(17)20)25(24,5)27/h6-16,27H,1-5H3/t25-/m0/s1. The molecule has 0 radical (unpaired) electrons. The molecule has 1 N–H and O–H groups in total. The Hall–Kier alpha value is -2.45. The SMILES string of the molecule is CC(C)c1cccc(C(C)C)c1N=C1c2cccc3cccc(c23)[C@]1(C)O. The molecule has 0 bridgehead atoms. The van der Waals surface area contributed by atoms with E-state index in [2.05, 4.69) is 70.2 Å². The summed E-state index contributed by atoms with van der Waals surface area (Å²) in [7, 11) is 0. The first-order valence-electron chi connectivity index (χ1n) is 9.79. The molecular formula is C25H27NO. The normalized spacial score (nSPS) is 20.4. The lowest BCUT2D eigenvalue weighted by Gasteiger charge is -2.22. The second-order valence-corrected chi connectivity index (χ2v) is 8.34. The van der Waals surface area contributed by atoms with Crippen molar-refractivity contribution in [2.75, 3.05) is 0 Å². The number of aliphatic imine (C=N–C) groups is 1. The number of hydrogen-bond acceptors (Lipinski definition) is 2. The van der Waals surface area contributed by atoms with Crippen LogP contribution >= 0.6 is 0 Å². The minimum Gasteiger partial charge on any atom is -0.379 e. The zero-order valence-electron chi connectivity index (χ0n) is 16.7. The first-order valence-corrected chi connectivity index (χ1v) is 9.79. The van der Waals surface area contributed by atoms with Gasteiger partial charge in [0.25, 0.3) is 0 Å². The molecule has 1 aliphatic carbocycles. The van der Waals surface area contributed by atoms with E-state index in [-0.39, 0.29) is 0 Å². The summed E-state index contributed by atoms with van der Waals surface area (Å²) in [5.41, 5.74) is 5.12. The highest BCUT2D eigenvalue weighted by Crippen LogP contribution is 2.44. The Kier molecular flexibility index (Phi) is 4.20. The molecule has 0 aromatic heterocycles. The average Bonchev–Trinajstić information content (AvgIpc) is 2.85. The summed E-state index contributed by atoms with van der Waals surface area (Å²) >= 11 is 0. The summed E-state index contributed by atoms with van der Waals surface area (Å²) in [6, 6.07) is 18.8. The average molecular weight is 357 g/mol. The predicted molar refractivity (Wildman–Crippen MR) is 114 cm³/mol. The van der Waals surface area contributed by atoms with Gasteiger partial charge >= 0.3 is 0 Å². The van der Waals surface area contributed by atoms with Gasteiger partial charge in [0.15, 0.2) is 0 Å². The van der Waals surface area contributed by atoms with E-state index >= 15 is 0 Å². The molecular weight excluding hydrogens is 330 g/mol. The van der Waals surface area contributed by atoms with Gasteiger partial charge in [-0.1, -0.05) is 82.3 Å². The van der Waals surface area contributed by atoms with Gasteiger partial charge in [-0.15, -0.1) is 0 Å². The lowest BCUT2D eigenvalue weighted by atomic mass is 9.91. The lowest BCUT2D eigenvalue weighted by Crippen LogP contribution is -2.28. The van der Waals surface area contributed by atoms with Crippen molar-refractivity contribution in [3.63, 3.8) is 0 Å². The van der Waals surface area contributed by atoms with Crippen molar-refractivity contribution in [2.45, 2.75) is 52.1 Å². The topological polar surface area (TPSA) is 32.6 Å². The Labute approximate surface area is 161 Å². The van der Waals surface area contributed by atoms with Gasteiger partial charge in [0.1, 0.15) is 5.60 Å². The van der Waals surface area contributed by atoms with Crippen molar-refractivity contribution in [1.82, 2.24) is 0 Å². The molecule has 27 heavy (non-hydrogen) atoms. The molecule has 3 aromatic rings. The van der Waals surface area contributed by atoms with Crippen molar-refractivity contribution < 1.29 is 5.11 Å². The Balaban J connectivity index is 2.04. The van der Waals surface area contributed by atoms with E-state index in [1.165, 1.54) is 11.1 Å². The quantitative estimate of drug-likeness (QED) is 0.575. The van der Waals surface area contributed by atoms with Gasteiger partial charge in [0.2, 0.25) is 0 Å². The van der Waals surface area contributed by atoms with Gasteiger partial charge < -0.3 is 5.11 Å². The molecule has 2 nitrogen and oxygen atoms in total. The molecule has 3 aromatic carbocycles. The van der Waals surface area contributed by atoms with Gasteiger partial charge in [-0.05, 0) is 46.2 Å². The minimum absolute atomic E-state index is 0.368. The van der Waals surface area contributed by atoms with Gasteiger partial charge in [-0.2, -0.15) is 0 Å². The fraction of sp³-hybridized carbons (Fsp3) is 0.320. The largest absolute Gasteiger partial charge is 0.379 e. The molecule has 1 aliphatic rings. The molecule has 0 amide bonds. The van der Waals surface area contributed by atoms with E-state index in [0.717, 1.165) is 33.3 Å². The number of aliphatic hydroxyl groups is 1. The summed E-state index contributed by atoms with van der Waals surface area (Å²) in [5.74, 6) is 0.736. The van der Waals surface area contributed by atoms with Gasteiger partial charge in [-0.25, -0.2) is 4.99 Å². The van der Waals surface area contributed by atoms with Gasteiger partial charge in [0.05, 0.1) is 11.4 Å². The fourth-order valence-corrected chi connectivity index (χ4v) is 4.26. The summed E-state index contributed by atoms with van der Waals surface area (Å²) in [6.07, 6.45) is 0. The second-order valence-electron chi connectivity index (χ2n) is 8.34.